The number of benzene rings is 2. The fraction of sp³-hybridized carbons (Fsp3) is 0.250. The van der Waals surface area contributed by atoms with Gasteiger partial charge in [-0.05, 0) is 60.0 Å². The lowest BCUT2D eigenvalue weighted by molar-refractivity contribution is 0.625. The van der Waals surface area contributed by atoms with Crippen LogP contribution in [-0.4, -0.2) is 6.54 Å². The van der Waals surface area contributed by atoms with Crippen molar-refractivity contribution in [2.75, 3.05) is 6.54 Å². The number of rotatable bonds is 4. The molecule has 0 spiro atoms. The Hall–Kier alpha value is -1.74. The summed E-state index contributed by atoms with van der Waals surface area (Å²) in [6.45, 7) is 5.37. The maximum absolute atomic E-state index is 13.5. The van der Waals surface area contributed by atoms with Gasteiger partial charge in [0.1, 0.15) is 11.6 Å². The predicted octanol–water partition coefficient (Wildman–Crippen LogP) is 4.05. The monoisotopic (exact) mass is 261 g/mol. The quantitative estimate of drug-likeness (QED) is 0.875. The Morgan fingerprint density at radius 1 is 0.947 bits per heavy atom. The smallest absolute Gasteiger partial charge is 0.123 e. The van der Waals surface area contributed by atoms with Gasteiger partial charge in [0, 0.05) is 6.54 Å². The normalized spacial score (nSPS) is 10.7. The molecule has 0 saturated heterocycles. The van der Waals surface area contributed by atoms with Crippen LogP contribution in [0.2, 0.25) is 0 Å². The summed E-state index contributed by atoms with van der Waals surface area (Å²) in [5.74, 6) is -0.551. The molecule has 2 rings (SSSR count). The minimum absolute atomic E-state index is 0.272. The molecule has 19 heavy (non-hydrogen) atoms. The molecule has 0 aromatic heterocycles. The fourth-order valence-electron chi connectivity index (χ4n) is 2.14. The summed E-state index contributed by atoms with van der Waals surface area (Å²) in [5, 5.41) is 3.23. The highest BCUT2D eigenvalue weighted by Gasteiger charge is 2.09. The molecule has 0 saturated carbocycles. The number of hydrogen-bond acceptors (Lipinski definition) is 1. The summed E-state index contributed by atoms with van der Waals surface area (Å²) < 4.78 is 26.6. The summed E-state index contributed by atoms with van der Waals surface area (Å²) in [7, 11) is 0. The van der Waals surface area contributed by atoms with Gasteiger partial charge in [0.05, 0.1) is 0 Å². The molecule has 0 aliphatic heterocycles. The van der Waals surface area contributed by atoms with Gasteiger partial charge in [0.15, 0.2) is 0 Å². The molecule has 0 amide bonds. The van der Waals surface area contributed by atoms with E-state index in [1.165, 1.54) is 24.3 Å². The van der Waals surface area contributed by atoms with E-state index < -0.39 is 0 Å². The first-order chi connectivity index (χ1) is 9.11. The minimum atomic E-state index is -0.279. The van der Waals surface area contributed by atoms with Gasteiger partial charge in [-0.25, -0.2) is 8.78 Å². The zero-order valence-electron chi connectivity index (χ0n) is 11.1. The van der Waals surface area contributed by atoms with Gasteiger partial charge in [-0.15, -0.1) is 0 Å². The van der Waals surface area contributed by atoms with Crippen molar-refractivity contribution in [2.45, 2.75) is 20.4 Å². The van der Waals surface area contributed by atoms with Crippen LogP contribution in [0.25, 0.3) is 11.1 Å². The van der Waals surface area contributed by atoms with E-state index in [1.54, 1.807) is 12.1 Å². The fourth-order valence-corrected chi connectivity index (χ4v) is 2.14. The van der Waals surface area contributed by atoms with Crippen LogP contribution in [0.4, 0.5) is 8.78 Å². The van der Waals surface area contributed by atoms with Gasteiger partial charge in [0.25, 0.3) is 0 Å². The van der Waals surface area contributed by atoms with Crippen molar-refractivity contribution in [3.8, 4) is 11.1 Å². The van der Waals surface area contributed by atoms with Gasteiger partial charge in [-0.1, -0.05) is 19.1 Å². The first-order valence-electron chi connectivity index (χ1n) is 6.37. The Morgan fingerprint density at radius 3 is 2.32 bits per heavy atom. The molecule has 100 valence electrons. The highest BCUT2D eigenvalue weighted by Crippen LogP contribution is 2.28. The number of halogens is 2. The summed E-state index contributed by atoms with van der Waals surface area (Å²) in [4.78, 5) is 0. The molecule has 0 unspecified atom stereocenters. The molecular weight excluding hydrogens is 244 g/mol. The second-order valence-corrected chi connectivity index (χ2v) is 4.54. The Kier molecular flexibility index (Phi) is 4.27. The SMILES string of the molecule is CCNCc1ccc(F)cc1-c1ccc(F)cc1C. The van der Waals surface area contributed by atoms with Crippen LogP contribution in [0.1, 0.15) is 18.1 Å². The molecule has 0 heterocycles. The Balaban J connectivity index is 2.49. The minimum Gasteiger partial charge on any atom is -0.313 e. The molecule has 0 bridgehead atoms. The molecule has 2 aromatic carbocycles. The molecular formula is C16H17F2N. The average molecular weight is 261 g/mol. The lowest BCUT2D eigenvalue weighted by Crippen LogP contribution is -2.12. The van der Waals surface area contributed by atoms with Crippen molar-refractivity contribution < 1.29 is 8.78 Å². The Labute approximate surface area is 112 Å². The highest BCUT2D eigenvalue weighted by atomic mass is 19.1. The third kappa shape index (κ3) is 3.18. The van der Waals surface area contributed by atoms with Gasteiger partial charge >= 0.3 is 0 Å². The van der Waals surface area contributed by atoms with Crippen molar-refractivity contribution in [1.29, 1.82) is 0 Å². The lowest BCUT2D eigenvalue weighted by atomic mass is 9.95. The van der Waals surface area contributed by atoms with Crippen molar-refractivity contribution in [3.63, 3.8) is 0 Å². The van der Waals surface area contributed by atoms with E-state index in [1.807, 2.05) is 13.8 Å². The third-order valence-corrected chi connectivity index (χ3v) is 3.12. The Bertz CT molecular complexity index is 579. The van der Waals surface area contributed by atoms with Crippen molar-refractivity contribution in [3.05, 3.63) is 59.2 Å². The van der Waals surface area contributed by atoms with E-state index in [2.05, 4.69) is 5.32 Å². The van der Waals surface area contributed by atoms with Crippen molar-refractivity contribution >= 4 is 0 Å². The maximum atomic E-state index is 13.5. The van der Waals surface area contributed by atoms with Crippen LogP contribution in [0, 0.1) is 18.6 Å². The summed E-state index contributed by atoms with van der Waals surface area (Å²) >= 11 is 0. The second kappa shape index (κ2) is 5.93. The van der Waals surface area contributed by atoms with E-state index in [-0.39, 0.29) is 11.6 Å². The molecule has 1 N–H and O–H groups in total. The second-order valence-electron chi connectivity index (χ2n) is 4.54. The van der Waals surface area contributed by atoms with E-state index in [9.17, 15) is 8.78 Å². The molecule has 0 aliphatic carbocycles. The molecule has 0 atom stereocenters. The molecule has 1 nitrogen and oxygen atoms in total. The van der Waals surface area contributed by atoms with Gasteiger partial charge in [0.2, 0.25) is 0 Å². The molecule has 2 aromatic rings. The van der Waals surface area contributed by atoms with Crippen LogP contribution in [0.3, 0.4) is 0 Å². The van der Waals surface area contributed by atoms with Gasteiger partial charge in [-0.3, -0.25) is 0 Å². The number of aryl methyl sites for hydroxylation is 1. The molecule has 3 heteroatoms. The zero-order valence-corrected chi connectivity index (χ0v) is 11.1. The van der Waals surface area contributed by atoms with Crippen LogP contribution < -0.4 is 5.32 Å². The standard InChI is InChI=1S/C16H17F2N/c1-3-19-10-12-4-5-14(18)9-16(12)15-7-6-13(17)8-11(15)2/h4-9,19H,3,10H2,1-2H3. The van der Waals surface area contributed by atoms with E-state index in [0.29, 0.717) is 6.54 Å². The third-order valence-electron chi connectivity index (χ3n) is 3.12. The predicted molar refractivity (Wildman–Crippen MR) is 73.9 cm³/mol. The van der Waals surface area contributed by atoms with Crippen molar-refractivity contribution in [2.24, 2.45) is 0 Å². The summed E-state index contributed by atoms with van der Waals surface area (Å²) in [6, 6.07) is 9.31. The van der Waals surface area contributed by atoms with Gasteiger partial charge in [-0.2, -0.15) is 0 Å². The first-order valence-corrected chi connectivity index (χ1v) is 6.37. The summed E-state index contributed by atoms with van der Waals surface area (Å²) in [6.07, 6.45) is 0. The van der Waals surface area contributed by atoms with Crippen LogP contribution in [0.15, 0.2) is 36.4 Å². The highest BCUT2D eigenvalue weighted by molar-refractivity contribution is 5.70. The van der Waals surface area contributed by atoms with E-state index in [0.717, 1.165) is 28.8 Å². The van der Waals surface area contributed by atoms with E-state index >= 15 is 0 Å². The van der Waals surface area contributed by atoms with Crippen molar-refractivity contribution in [1.82, 2.24) is 5.32 Å². The maximum Gasteiger partial charge on any atom is 0.123 e. The molecule has 0 fully saturated rings. The zero-order chi connectivity index (χ0) is 13.8. The van der Waals surface area contributed by atoms with Crippen LogP contribution in [0.5, 0.6) is 0 Å². The molecule has 0 aliphatic rings. The lowest BCUT2D eigenvalue weighted by Gasteiger charge is -2.13. The topological polar surface area (TPSA) is 12.0 Å². The average Bonchev–Trinajstić information content (AvgIpc) is 2.37. The Morgan fingerprint density at radius 2 is 1.63 bits per heavy atom. The summed E-state index contributed by atoms with van der Waals surface area (Å²) in [5.41, 5.74) is 3.51. The molecule has 0 radical (unpaired) electrons. The number of hydrogen-bond donors (Lipinski definition) is 1. The van der Waals surface area contributed by atoms with Gasteiger partial charge < -0.3 is 5.32 Å². The van der Waals surface area contributed by atoms with Crippen LogP contribution in [-0.2, 0) is 6.54 Å². The van der Waals surface area contributed by atoms with Crippen LogP contribution >= 0.6 is 0 Å². The van der Waals surface area contributed by atoms with E-state index in [4.69, 9.17) is 0 Å². The first kappa shape index (κ1) is 13.7. The largest absolute Gasteiger partial charge is 0.313 e. The number of nitrogens with one attached hydrogen (secondary N) is 1.